The molecule has 0 aromatic rings. The molecule has 6 nitrogen and oxygen atoms in total. The summed E-state index contributed by atoms with van der Waals surface area (Å²) < 4.78 is 54.2. The van der Waals surface area contributed by atoms with Crippen molar-refractivity contribution in [3.05, 3.63) is 0 Å². The summed E-state index contributed by atoms with van der Waals surface area (Å²) in [7, 11) is -3.20. The Balaban J connectivity index is 2.19. The highest BCUT2D eigenvalue weighted by molar-refractivity contribution is 7.88. The molecule has 1 fully saturated rings. The first kappa shape index (κ1) is 17.3. The van der Waals surface area contributed by atoms with Gasteiger partial charge in [0.2, 0.25) is 10.0 Å². The summed E-state index contributed by atoms with van der Waals surface area (Å²) in [6.07, 6.45) is 0.264. The Bertz CT molecular complexity index is 442. The molecule has 20 heavy (non-hydrogen) atoms. The number of hydrogen-bond acceptors (Lipinski definition) is 5. The minimum absolute atomic E-state index is 0.145. The van der Waals surface area contributed by atoms with E-state index >= 15 is 0 Å². The minimum atomic E-state index is -3.39. The van der Waals surface area contributed by atoms with Crippen LogP contribution in [0.4, 0.5) is 8.78 Å². The molecule has 0 aliphatic carbocycles. The molecule has 1 atom stereocenters. The Morgan fingerprint density at radius 1 is 1.50 bits per heavy atom. The zero-order valence-electron chi connectivity index (χ0n) is 11.6. The summed E-state index contributed by atoms with van der Waals surface area (Å²) in [4.78, 5) is 10.8. The van der Waals surface area contributed by atoms with Crippen LogP contribution in [0.2, 0.25) is 0 Å². The Labute approximate surface area is 117 Å². The van der Waals surface area contributed by atoms with Gasteiger partial charge in [-0.15, -0.1) is 0 Å². The normalized spacial score (nSPS) is 22.2. The van der Waals surface area contributed by atoms with E-state index in [1.807, 2.05) is 0 Å². The molecule has 1 aliphatic heterocycles. The zero-order valence-corrected chi connectivity index (χ0v) is 12.4. The van der Waals surface area contributed by atoms with Gasteiger partial charge in [0, 0.05) is 19.6 Å². The van der Waals surface area contributed by atoms with E-state index in [4.69, 9.17) is 0 Å². The van der Waals surface area contributed by atoms with Crippen molar-refractivity contribution in [1.82, 2.24) is 9.62 Å². The Morgan fingerprint density at radius 3 is 2.60 bits per heavy atom. The quantitative estimate of drug-likeness (QED) is 0.512. The molecular formula is C11H20F2N2O4S. The van der Waals surface area contributed by atoms with Crippen LogP contribution in [0.3, 0.4) is 0 Å². The first-order valence-electron chi connectivity index (χ1n) is 6.41. The van der Waals surface area contributed by atoms with E-state index in [0.717, 1.165) is 6.26 Å². The highest BCUT2D eigenvalue weighted by Gasteiger charge is 2.50. The maximum absolute atomic E-state index is 12.9. The van der Waals surface area contributed by atoms with Crippen LogP contribution in [0.15, 0.2) is 0 Å². The number of carbonyl (C=O) groups is 1. The van der Waals surface area contributed by atoms with Gasteiger partial charge in [0.25, 0.3) is 0 Å². The summed E-state index contributed by atoms with van der Waals surface area (Å²) in [5, 5.41) is 2.88. The molecule has 0 spiro atoms. The lowest BCUT2D eigenvalue weighted by Gasteiger charge is -2.18. The van der Waals surface area contributed by atoms with Gasteiger partial charge < -0.3 is 10.1 Å². The number of carbonyl (C=O) groups excluding carboxylic acids is 1. The van der Waals surface area contributed by atoms with Gasteiger partial charge in [-0.05, 0) is 13.0 Å². The molecule has 0 aromatic heterocycles. The van der Waals surface area contributed by atoms with E-state index in [0.29, 0.717) is 26.1 Å². The highest BCUT2D eigenvalue weighted by atomic mass is 32.2. The summed E-state index contributed by atoms with van der Waals surface area (Å²) >= 11 is 0. The van der Waals surface area contributed by atoms with Crippen LogP contribution in [0.25, 0.3) is 0 Å². The monoisotopic (exact) mass is 314 g/mol. The third-order valence-corrected chi connectivity index (χ3v) is 4.39. The third-order valence-electron chi connectivity index (χ3n) is 3.01. The lowest BCUT2D eigenvalue weighted by atomic mass is 10.2. The van der Waals surface area contributed by atoms with Crippen LogP contribution < -0.4 is 5.32 Å². The zero-order chi connectivity index (χ0) is 15.4. The summed E-state index contributed by atoms with van der Waals surface area (Å²) in [6.45, 7) is 3.11. The van der Waals surface area contributed by atoms with Crippen LogP contribution in [0.5, 0.6) is 0 Å². The van der Waals surface area contributed by atoms with E-state index in [9.17, 15) is 22.0 Å². The third kappa shape index (κ3) is 4.95. The molecule has 1 unspecified atom stereocenters. The van der Waals surface area contributed by atoms with Gasteiger partial charge in [0.05, 0.1) is 12.7 Å². The largest absolute Gasteiger partial charge is 0.456 e. The number of nitrogens with one attached hydrogen (secondary N) is 1. The van der Waals surface area contributed by atoms with Gasteiger partial charge in [-0.25, -0.2) is 17.5 Å². The average molecular weight is 314 g/mol. The van der Waals surface area contributed by atoms with Gasteiger partial charge >= 0.3 is 11.9 Å². The number of esters is 1. The number of ether oxygens (including phenoxy) is 1. The van der Waals surface area contributed by atoms with Gasteiger partial charge in [-0.1, -0.05) is 6.92 Å². The number of cyclic esters (lactones) is 1. The van der Waals surface area contributed by atoms with Crippen molar-refractivity contribution in [1.29, 1.82) is 0 Å². The average Bonchev–Trinajstić information content (AvgIpc) is 2.56. The summed E-state index contributed by atoms with van der Waals surface area (Å²) in [5.74, 6) is -4.86. The van der Waals surface area contributed by atoms with Gasteiger partial charge in [-0.2, -0.15) is 8.78 Å². The molecule has 0 aromatic carbocycles. The van der Waals surface area contributed by atoms with Crippen molar-refractivity contribution in [2.24, 2.45) is 0 Å². The Hall–Kier alpha value is -0.800. The number of alkyl halides is 2. The van der Waals surface area contributed by atoms with E-state index in [-0.39, 0.29) is 6.54 Å². The Morgan fingerprint density at radius 2 is 2.15 bits per heavy atom. The van der Waals surface area contributed by atoms with Crippen LogP contribution in [-0.4, -0.2) is 63.2 Å². The number of nitrogens with zero attached hydrogens (tertiary/aromatic N) is 1. The Kier molecular flexibility index (Phi) is 5.84. The fourth-order valence-corrected chi connectivity index (χ4v) is 2.89. The topological polar surface area (TPSA) is 75.7 Å². The number of sulfonamides is 1. The van der Waals surface area contributed by atoms with Crippen molar-refractivity contribution in [3.63, 3.8) is 0 Å². The fourth-order valence-electron chi connectivity index (χ4n) is 1.96. The first-order valence-corrected chi connectivity index (χ1v) is 8.26. The molecule has 0 bridgehead atoms. The van der Waals surface area contributed by atoms with Crippen molar-refractivity contribution < 1.29 is 26.7 Å². The van der Waals surface area contributed by atoms with Crippen LogP contribution in [0.1, 0.15) is 19.8 Å². The molecule has 1 heterocycles. The van der Waals surface area contributed by atoms with Crippen molar-refractivity contribution >= 4 is 16.0 Å². The predicted octanol–water partition coefficient (Wildman–Crippen LogP) is 0.198. The number of hydrogen-bond donors (Lipinski definition) is 1. The van der Waals surface area contributed by atoms with Crippen LogP contribution >= 0.6 is 0 Å². The molecule has 0 saturated carbocycles. The molecule has 1 N–H and O–H groups in total. The maximum atomic E-state index is 12.9. The van der Waals surface area contributed by atoms with Crippen LogP contribution in [0, 0.1) is 0 Å². The van der Waals surface area contributed by atoms with Crippen molar-refractivity contribution in [2.75, 3.05) is 32.4 Å². The maximum Gasteiger partial charge on any atom is 0.377 e. The lowest BCUT2D eigenvalue weighted by molar-refractivity contribution is -0.159. The lowest BCUT2D eigenvalue weighted by Crippen LogP contribution is -2.34. The second-order valence-corrected chi connectivity index (χ2v) is 6.73. The highest BCUT2D eigenvalue weighted by Crippen LogP contribution is 2.30. The summed E-state index contributed by atoms with van der Waals surface area (Å²) in [5.41, 5.74) is 0. The van der Waals surface area contributed by atoms with Crippen molar-refractivity contribution in [3.8, 4) is 0 Å². The predicted molar refractivity (Wildman–Crippen MR) is 69.0 cm³/mol. The van der Waals surface area contributed by atoms with E-state index < -0.39 is 34.4 Å². The molecule has 1 rings (SSSR count). The molecule has 1 saturated heterocycles. The SMILES string of the molecule is CCN(CCCNCC1CC(F)(F)C(=O)O1)S(C)(=O)=O. The van der Waals surface area contributed by atoms with Gasteiger partial charge in [0.15, 0.2) is 0 Å². The van der Waals surface area contributed by atoms with Gasteiger partial charge in [-0.3, -0.25) is 0 Å². The van der Waals surface area contributed by atoms with Crippen LogP contribution in [-0.2, 0) is 19.6 Å². The second-order valence-electron chi connectivity index (χ2n) is 4.75. The minimum Gasteiger partial charge on any atom is -0.456 e. The smallest absolute Gasteiger partial charge is 0.377 e. The number of halogens is 2. The standard InChI is InChI=1S/C11H20F2N2O4S/c1-3-15(20(2,17)18)6-4-5-14-8-9-7-11(12,13)10(16)19-9/h9,14H,3-8H2,1-2H3. The van der Waals surface area contributed by atoms with E-state index in [2.05, 4.69) is 10.1 Å². The number of rotatable bonds is 8. The molecule has 0 radical (unpaired) electrons. The summed E-state index contributed by atoms with van der Waals surface area (Å²) in [6, 6.07) is 0. The van der Waals surface area contributed by atoms with Gasteiger partial charge in [0.1, 0.15) is 6.10 Å². The van der Waals surface area contributed by atoms with E-state index in [1.165, 1.54) is 4.31 Å². The molecule has 118 valence electrons. The molecule has 1 aliphatic rings. The first-order chi connectivity index (χ1) is 9.16. The second kappa shape index (κ2) is 6.77. The molecular weight excluding hydrogens is 294 g/mol. The molecule has 0 amide bonds. The fraction of sp³-hybridized carbons (Fsp3) is 0.909. The van der Waals surface area contributed by atoms with E-state index in [1.54, 1.807) is 6.92 Å². The van der Waals surface area contributed by atoms with Crippen molar-refractivity contribution in [2.45, 2.75) is 31.8 Å². The molecule has 9 heteroatoms.